The number of rotatable bonds is 2. The van der Waals surface area contributed by atoms with Gasteiger partial charge in [-0.05, 0) is 43.9 Å². The van der Waals surface area contributed by atoms with E-state index in [1.807, 2.05) is 25.1 Å². The average molecular weight is 227 g/mol. The highest BCUT2D eigenvalue weighted by Gasteiger charge is 2.27. The Kier molecular flexibility index (Phi) is 3.17. The third-order valence-electron chi connectivity index (χ3n) is 2.85. The van der Waals surface area contributed by atoms with E-state index in [1.165, 1.54) is 0 Å². The summed E-state index contributed by atoms with van der Waals surface area (Å²) < 4.78 is 5.76. The molecule has 0 spiro atoms. The van der Waals surface area contributed by atoms with E-state index in [4.69, 9.17) is 16.3 Å². The fourth-order valence-electron chi connectivity index (χ4n) is 1.91. The summed E-state index contributed by atoms with van der Waals surface area (Å²) in [5.41, 5.74) is 1.05. The number of hydrogen-bond donors (Lipinski definition) is 1. The molecule has 1 N–H and O–H groups in total. The van der Waals surface area contributed by atoms with Crippen molar-refractivity contribution >= 4 is 11.6 Å². The van der Waals surface area contributed by atoms with Crippen LogP contribution in [0.3, 0.4) is 0 Å². The van der Waals surface area contributed by atoms with Crippen LogP contribution in [0.5, 0.6) is 5.75 Å². The number of aliphatic hydroxyl groups excluding tert-OH is 1. The Morgan fingerprint density at radius 3 is 2.87 bits per heavy atom. The monoisotopic (exact) mass is 226 g/mol. The predicted molar refractivity (Wildman–Crippen MR) is 60.5 cm³/mol. The smallest absolute Gasteiger partial charge is 0.124 e. The summed E-state index contributed by atoms with van der Waals surface area (Å²) in [6, 6.07) is 5.58. The number of halogens is 1. The van der Waals surface area contributed by atoms with Crippen LogP contribution in [0.25, 0.3) is 0 Å². The average Bonchev–Trinajstić information content (AvgIpc) is 2.58. The summed E-state index contributed by atoms with van der Waals surface area (Å²) in [7, 11) is 0. The molecule has 2 atom stereocenters. The third-order valence-corrected chi connectivity index (χ3v) is 3.08. The Labute approximate surface area is 94.8 Å². The van der Waals surface area contributed by atoms with Crippen molar-refractivity contribution in [3.8, 4) is 5.75 Å². The standard InChI is InChI=1S/C12H15ClO2/c1-8-5-6-9(13)7-12(8)15-11-4-2-3-10(11)14/h5-7,10-11,14H,2-4H2,1H3/t10-,11-/m1/s1. The molecule has 0 saturated heterocycles. The number of aliphatic hydroxyl groups is 1. The molecule has 1 aromatic carbocycles. The van der Waals surface area contributed by atoms with E-state index in [9.17, 15) is 5.11 Å². The van der Waals surface area contributed by atoms with Gasteiger partial charge in [-0.2, -0.15) is 0 Å². The Balaban J connectivity index is 2.12. The van der Waals surface area contributed by atoms with Crippen LogP contribution in [0.1, 0.15) is 24.8 Å². The van der Waals surface area contributed by atoms with Gasteiger partial charge in [0.2, 0.25) is 0 Å². The van der Waals surface area contributed by atoms with Crippen molar-refractivity contribution in [1.29, 1.82) is 0 Å². The number of aryl methyl sites for hydroxylation is 1. The summed E-state index contributed by atoms with van der Waals surface area (Å²) in [6.07, 6.45) is 2.40. The Bertz CT molecular complexity index is 351. The lowest BCUT2D eigenvalue weighted by Gasteiger charge is -2.18. The van der Waals surface area contributed by atoms with Gasteiger partial charge in [-0.15, -0.1) is 0 Å². The van der Waals surface area contributed by atoms with E-state index in [-0.39, 0.29) is 12.2 Å². The molecule has 3 heteroatoms. The Morgan fingerprint density at radius 2 is 2.20 bits per heavy atom. The second-order valence-electron chi connectivity index (χ2n) is 4.06. The number of hydrogen-bond acceptors (Lipinski definition) is 2. The first-order chi connectivity index (χ1) is 7.16. The maximum atomic E-state index is 9.65. The van der Waals surface area contributed by atoms with Crippen molar-refractivity contribution in [2.24, 2.45) is 0 Å². The van der Waals surface area contributed by atoms with E-state index < -0.39 is 0 Å². The highest BCUT2D eigenvalue weighted by molar-refractivity contribution is 6.30. The van der Waals surface area contributed by atoms with Crippen molar-refractivity contribution in [2.45, 2.75) is 38.4 Å². The van der Waals surface area contributed by atoms with Crippen molar-refractivity contribution in [1.82, 2.24) is 0 Å². The summed E-state index contributed by atoms with van der Waals surface area (Å²) in [5, 5.41) is 10.3. The Morgan fingerprint density at radius 1 is 1.40 bits per heavy atom. The molecule has 2 nitrogen and oxygen atoms in total. The lowest BCUT2D eigenvalue weighted by molar-refractivity contribution is 0.0600. The minimum Gasteiger partial charge on any atom is -0.487 e. The van der Waals surface area contributed by atoms with Crippen molar-refractivity contribution < 1.29 is 9.84 Å². The molecule has 15 heavy (non-hydrogen) atoms. The molecule has 1 aliphatic carbocycles. The van der Waals surface area contributed by atoms with Gasteiger partial charge >= 0.3 is 0 Å². The van der Waals surface area contributed by atoms with E-state index in [0.29, 0.717) is 5.02 Å². The largest absolute Gasteiger partial charge is 0.487 e. The zero-order valence-corrected chi connectivity index (χ0v) is 9.50. The molecule has 0 aliphatic heterocycles. The van der Waals surface area contributed by atoms with Crippen LogP contribution in [0, 0.1) is 6.92 Å². The quantitative estimate of drug-likeness (QED) is 0.840. The predicted octanol–water partition coefficient (Wildman–Crippen LogP) is 2.94. The van der Waals surface area contributed by atoms with E-state index in [2.05, 4.69) is 0 Å². The molecule has 1 aliphatic rings. The van der Waals surface area contributed by atoms with Gasteiger partial charge in [-0.25, -0.2) is 0 Å². The van der Waals surface area contributed by atoms with E-state index in [1.54, 1.807) is 0 Å². The minimum absolute atomic E-state index is 0.0674. The molecule has 82 valence electrons. The van der Waals surface area contributed by atoms with E-state index >= 15 is 0 Å². The zero-order chi connectivity index (χ0) is 10.8. The first kappa shape index (κ1) is 10.8. The van der Waals surface area contributed by atoms with E-state index in [0.717, 1.165) is 30.6 Å². The zero-order valence-electron chi connectivity index (χ0n) is 8.74. The maximum Gasteiger partial charge on any atom is 0.124 e. The highest BCUT2D eigenvalue weighted by Crippen LogP contribution is 2.28. The van der Waals surface area contributed by atoms with Gasteiger partial charge in [0.25, 0.3) is 0 Å². The van der Waals surface area contributed by atoms with Gasteiger partial charge in [-0.3, -0.25) is 0 Å². The second-order valence-corrected chi connectivity index (χ2v) is 4.50. The molecule has 1 fully saturated rings. The molecule has 0 bridgehead atoms. The molecule has 1 aromatic rings. The SMILES string of the molecule is Cc1ccc(Cl)cc1O[C@@H]1CCC[C@H]1O. The molecule has 0 unspecified atom stereocenters. The van der Waals surface area contributed by atoms with Crippen molar-refractivity contribution in [2.75, 3.05) is 0 Å². The lowest BCUT2D eigenvalue weighted by atomic mass is 10.2. The van der Waals surface area contributed by atoms with Gasteiger partial charge in [0.05, 0.1) is 6.10 Å². The van der Waals surface area contributed by atoms with Crippen LogP contribution in [0.4, 0.5) is 0 Å². The second kappa shape index (κ2) is 4.42. The van der Waals surface area contributed by atoms with Crippen LogP contribution in [0.2, 0.25) is 5.02 Å². The molecular formula is C12H15ClO2. The summed E-state index contributed by atoms with van der Waals surface area (Å²) in [6.45, 7) is 1.98. The van der Waals surface area contributed by atoms with Gasteiger partial charge in [0.15, 0.2) is 0 Å². The van der Waals surface area contributed by atoms with Gasteiger partial charge in [0.1, 0.15) is 11.9 Å². The van der Waals surface area contributed by atoms with Crippen LogP contribution >= 0.6 is 11.6 Å². The Hall–Kier alpha value is -0.730. The third kappa shape index (κ3) is 2.44. The number of ether oxygens (including phenoxy) is 1. The highest BCUT2D eigenvalue weighted by atomic mass is 35.5. The first-order valence-corrected chi connectivity index (χ1v) is 5.65. The number of benzene rings is 1. The maximum absolute atomic E-state index is 9.65. The van der Waals surface area contributed by atoms with Crippen LogP contribution in [0.15, 0.2) is 18.2 Å². The van der Waals surface area contributed by atoms with Crippen LogP contribution in [-0.2, 0) is 0 Å². The molecular weight excluding hydrogens is 212 g/mol. The minimum atomic E-state index is -0.330. The van der Waals surface area contributed by atoms with Gasteiger partial charge < -0.3 is 9.84 Å². The summed E-state index contributed by atoms with van der Waals surface area (Å²) in [5.74, 6) is 0.786. The van der Waals surface area contributed by atoms with Crippen LogP contribution < -0.4 is 4.74 Å². The van der Waals surface area contributed by atoms with Crippen LogP contribution in [-0.4, -0.2) is 17.3 Å². The molecule has 0 amide bonds. The topological polar surface area (TPSA) is 29.5 Å². The fraction of sp³-hybridized carbons (Fsp3) is 0.500. The molecule has 0 heterocycles. The molecule has 2 rings (SSSR count). The normalized spacial score (nSPS) is 25.5. The van der Waals surface area contributed by atoms with Crippen molar-refractivity contribution in [3.05, 3.63) is 28.8 Å². The molecule has 1 saturated carbocycles. The molecule has 0 aromatic heterocycles. The summed E-state index contributed by atoms with van der Waals surface area (Å²) in [4.78, 5) is 0. The van der Waals surface area contributed by atoms with Gasteiger partial charge in [-0.1, -0.05) is 17.7 Å². The molecule has 0 radical (unpaired) electrons. The van der Waals surface area contributed by atoms with Gasteiger partial charge in [0, 0.05) is 5.02 Å². The lowest BCUT2D eigenvalue weighted by Crippen LogP contribution is -2.25. The fourth-order valence-corrected chi connectivity index (χ4v) is 2.07. The first-order valence-electron chi connectivity index (χ1n) is 5.27. The summed E-state index contributed by atoms with van der Waals surface area (Å²) >= 11 is 5.90. The van der Waals surface area contributed by atoms with Crippen molar-refractivity contribution in [3.63, 3.8) is 0 Å².